The molecule has 3 aromatic rings. The van der Waals surface area contributed by atoms with Gasteiger partial charge in [-0.3, -0.25) is 0 Å². The van der Waals surface area contributed by atoms with Crippen molar-refractivity contribution in [3.63, 3.8) is 0 Å². The molecule has 1 aromatic carbocycles. The molecule has 0 unspecified atom stereocenters. The van der Waals surface area contributed by atoms with E-state index in [2.05, 4.69) is 19.9 Å². The van der Waals surface area contributed by atoms with Gasteiger partial charge in [0.1, 0.15) is 23.4 Å². The monoisotopic (exact) mass is 246 g/mol. The van der Waals surface area contributed by atoms with Crippen LogP contribution in [0.5, 0.6) is 5.75 Å². The van der Waals surface area contributed by atoms with Crippen LogP contribution in [0.3, 0.4) is 0 Å². The first-order valence-electron chi connectivity index (χ1n) is 4.88. The van der Waals surface area contributed by atoms with Gasteiger partial charge in [-0.25, -0.2) is 15.0 Å². The van der Waals surface area contributed by atoms with Gasteiger partial charge < -0.3 is 10.1 Å². The van der Waals surface area contributed by atoms with Gasteiger partial charge in [-0.05, 0) is 18.2 Å². The molecular weight excluding hydrogens is 240 g/mol. The van der Waals surface area contributed by atoms with Crippen LogP contribution in [0.4, 0.5) is 0 Å². The van der Waals surface area contributed by atoms with Crippen molar-refractivity contribution in [2.45, 2.75) is 0 Å². The van der Waals surface area contributed by atoms with Crippen molar-refractivity contribution >= 4 is 22.8 Å². The highest BCUT2D eigenvalue weighted by Gasteiger charge is 2.10. The topological polar surface area (TPSA) is 74.7 Å². The quantitative estimate of drug-likeness (QED) is 0.691. The Balaban J connectivity index is 2.20. The van der Waals surface area contributed by atoms with Crippen molar-refractivity contribution in [1.29, 1.82) is 0 Å². The van der Waals surface area contributed by atoms with Crippen molar-refractivity contribution in [2.24, 2.45) is 0 Å². The summed E-state index contributed by atoms with van der Waals surface area (Å²) in [5, 5.41) is 10.3. The Labute approximate surface area is 101 Å². The molecule has 3 rings (SSSR count). The number of benzene rings is 1. The largest absolute Gasteiger partial charge is 0.507 e. The third-order valence-electron chi connectivity index (χ3n) is 2.38. The van der Waals surface area contributed by atoms with Crippen LogP contribution in [-0.2, 0) is 0 Å². The number of hydrogen-bond donors (Lipinski definition) is 2. The summed E-state index contributed by atoms with van der Waals surface area (Å²) in [6, 6.07) is 4.86. The van der Waals surface area contributed by atoms with Crippen LogP contribution < -0.4 is 0 Å². The number of H-pyrrole nitrogens is 1. The second-order valence-electron chi connectivity index (χ2n) is 3.51. The van der Waals surface area contributed by atoms with Crippen LogP contribution in [-0.4, -0.2) is 25.0 Å². The van der Waals surface area contributed by atoms with Gasteiger partial charge in [0.05, 0.1) is 11.8 Å². The maximum atomic E-state index is 9.79. The molecule has 0 aliphatic carbocycles. The lowest BCUT2D eigenvalue weighted by Gasteiger charge is -2.00. The molecule has 2 aromatic heterocycles. The fraction of sp³-hybridized carbons (Fsp3) is 0. The Bertz CT molecular complexity index is 662. The van der Waals surface area contributed by atoms with E-state index in [0.717, 1.165) is 5.52 Å². The molecule has 2 heterocycles. The van der Waals surface area contributed by atoms with E-state index in [4.69, 9.17) is 11.6 Å². The minimum Gasteiger partial charge on any atom is -0.507 e. The number of aromatic nitrogens is 4. The number of nitrogens with zero attached hydrogens (tertiary/aromatic N) is 3. The minimum atomic E-state index is 0.0736. The first-order valence-corrected chi connectivity index (χ1v) is 5.26. The van der Waals surface area contributed by atoms with Crippen LogP contribution in [0.1, 0.15) is 0 Å². The lowest BCUT2D eigenvalue weighted by atomic mass is 10.2. The highest BCUT2D eigenvalue weighted by molar-refractivity contribution is 6.30. The number of halogens is 1. The fourth-order valence-electron chi connectivity index (χ4n) is 1.59. The molecule has 6 heteroatoms. The second kappa shape index (κ2) is 3.71. The summed E-state index contributed by atoms with van der Waals surface area (Å²) in [5.41, 5.74) is 1.86. The zero-order valence-corrected chi connectivity index (χ0v) is 9.31. The number of aromatic hydroxyl groups is 1. The zero-order chi connectivity index (χ0) is 11.8. The summed E-state index contributed by atoms with van der Waals surface area (Å²) in [7, 11) is 0. The average Bonchev–Trinajstić information content (AvgIpc) is 2.72. The van der Waals surface area contributed by atoms with Gasteiger partial charge in [0.2, 0.25) is 0 Å². The van der Waals surface area contributed by atoms with Crippen LogP contribution in [0.15, 0.2) is 30.7 Å². The summed E-state index contributed by atoms with van der Waals surface area (Å²) in [5.74, 6) is 0.610. The molecule has 0 amide bonds. The molecule has 5 nitrogen and oxygen atoms in total. The van der Waals surface area contributed by atoms with E-state index < -0.39 is 0 Å². The van der Waals surface area contributed by atoms with E-state index in [0.29, 0.717) is 22.1 Å². The van der Waals surface area contributed by atoms with Crippen LogP contribution in [0.2, 0.25) is 5.02 Å². The molecule has 0 fully saturated rings. The standard InChI is InChI=1S/C11H7ClN4O/c12-6-1-2-7(9(17)3-6)10-15-8-4-13-5-14-11(8)16-10/h1-5,17H,(H,13,14,15,16). The Morgan fingerprint density at radius 3 is 2.94 bits per heavy atom. The average molecular weight is 247 g/mol. The molecular formula is C11H7ClN4O. The summed E-state index contributed by atoms with van der Waals surface area (Å²) in [6.45, 7) is 0. The van der Waals surface area contributed by atoms with E-state index in [-0.39, 0.29) is 5.75 Å². The van der Waals surface area contributed by atoms with E-state index in [9.17, 15) is 5.11 Å². The van der Waals surface area contributed by atoms with Crippen LogP contribution in [0.25, 0.3) is 22.6 Å². The molecule has 0 radical (unpaired) electrons. The highest BCUT2D eigenvalue weighted by atomic mass is 35.5. The van der Waals surface area contributed by atoms with Crippen LogP contribution in [0, 0.1) is 0 Å². The van der Waals surface area contributed by atoms with Gasteiger partial charge in [0.25, 0.3) is 0 Å². The minimum absolute atomic E-state index is 0.0736. The first-order chi connectivity index (χ1) is 8.24. The second-order valence-corrected chi connectivity index (χ2v) is 3.94. The lowest BCUT2D eigenvalue weighted by Crippen LogP contribution is -1.81. The third-order valence-corrected chi connectivity index (χ3v) is 2.61. The summed E-state index contributed by atoms with van der Waals surface area (Å²) < 4.78 is 0. The third kappa shape index (κ3) is 1.70. The van der Waals surface area contributed by atoms with E-state index in [1.807, 2.05) is 0 Å². The van der Waals surface area contributed by atoms with E-state index in [1.165, 1.54) is 12.4 Å². The van der Waals surface area contributed by atoms with Crippen LogP contribution >= 0.6 is 11.6 Å². The van der Waals surface area contributed by atoms with Gasteiger partial charge >= 0.3 is 0 Å². The molecule has 0 aliphatic rings. The number of nitrogens with one attached hydrogen (secondary N) is 1. The Kier molecular flexibility index (Phi) is 2.19. The van der Waals surface area contributed by atoms with Gasteiger partial charge in [-0.1, -0.05) is 11.6 Å². The van der Waals surface area contributed by atoms with E-state index in [1.54, 1.807) is 18.3 Å². The summed E-state index contributed by atoms with van der Waals surface area (Å²) >= 11 is 5.77. The number of phenols is 1. The van der Waals surface area contributed by atoms with Crippen molar-refractivity contribution in [3.05, 3.63) is 35.7 Å². The maximum absolute atomic E-state index is 9.79. The SMILES string of the molecule is Oc1cc(Cl)ccc1-c1nc2ncncc2[nH]1. The number of imidazole rings is 1. The predicted octanol–water partition coefficient (Wildman–Crippen LogP) is 2.38. The highest BCUT2D eigenvalue weighted by Crippen LogP contribution is 2.30. The van der Waals surface area contributed by atoms with Gasteiger partial charge in [-0.15, -0.1) is 0 Å². The maximum Gasteiger partial charge on any atom is 0.181 e. The molecule has 0 aliphatic heterocycles. The van der Waals surface area contributed by atoms with Crippen molar-refractivity contribution in [3.8, 4) is 17.1 Å². The number of fused-ring (bicyclic) bond motifs is 1. The molecule has 0 bridgehead atoms. The normalized spacial score (nSPS) is 10.9. The molecule has 0 saturated carbocycles. The molecule has 84 valence electrons. The summed E-state index contributed by atoms with van der Waals surface area (Å²) in [4.78, 5) is 15.2. The zero-order valence-electron chi connectivity index (χ0n) is 8.55. The first kappa shape index (κ1) is 10.0. The van der Waals surface area contributed by atoms with Gasteiger partial charge in [0.15, 0.2) is 5.65 Å². The Morgan fingerprint density at radius 2 is 2.18 bits per heavy atom. The fourth-order valence-corrected chi connectivity index (χ4v) is 1.76. The number of rotatable bonds is 1. The molecule has 0 atom stereocenters. The molecule has 17 heavy (non-hydrogen) atoms. The number of hydrogen-bond acceptors (Lipinski definition) is 4. The molecule has 0 spiro atoms. The van der Waals surface area contributed by atoms with Crippen molar-refractivity contribution in [1.82, 2.24) is 19.9 Å². The smallest absolute Gasteiger partial charge is 0.181 e. The van der Waals surface area contributed by atoms with E-state index >= 15 is 0 Å². The van der Waals surface area contributed by atoms with Crippen molar-refractivity contribution < 1.29 is 5.11 Å². The van der Waals surface area contributed by atoms with Gasteiger partial charge in [-0.2, -0.15) is 0 Å². The summed E-state index contributed by atoms with van der Waals surface area (Å²) in [6.07, 6.45) is 3.06. The number of phenolic OH excluding ortho intramolecular Hbond substituents is 1. The molecule has 0 saturated heterocycles. The van der Waals surface area contributed by atoms with Gasteiger partial charge in [0, 0.05) is 5.02 Å². The number of aromatic amines is 1. The Morgan fingerprint density at radius 1 is 1.29 bits per heavy atom. The molecule has 2 N–H and O–H groups in total. The Hall–Kier alpha value is -2.14. The lowest BCUT2D eigenvalue weighted by molar-refractivity contribution is 0.477. The van der Waals surface area contributed by atoms with Crippen molar-refractivity contribution in [2.75, 3.05) is 0 Å². The predicted molar refractivity (Wildman–Crippen MR) is 63.8 cm³/mol.